The average Bonchev–Trinajstić information content (AvgIpc) is 2.93. The summed E-state index contributed by atoms with van der Waals surface area (Å²) in [7, 11) is 0. The van der Waals surface area contributed by atoms with Crippen LogP contribution < -0.4 is 10.7 Å². The number of hydrogen-bond donors (Lipinski definition) is 2. The number of nitrogens with one attached hydrogen (secondary N) is 2. The number of fused-ring (bicyclic) bond motifs is 1. The third kappa shape index (κ3) is 4.93. The van der Waals surface area contributed by atoms with Crippen molar-refractivity contribution < 1.29 is 19.2 Å². The fourth-order valence-electron chi connectivity index (χ4n) is 2.66. The number of terminal acetylenes is 1. The van der Waals surface area contributed by atoms with Gasteiger partial charge in [0.25, 0.3) is 5.91 Å². The summed E-state index contributed by atoms with van der Waals surface area (Å²) in [5.74, 6) is 1.66. The topological polar surface area (TPSA) is 95.6 Å². The summed E-state index contributed by atoms with van der Waals surface area (Å²) in [6.07, 6.45) is 8.26. The SMILES string of the molecule is C#CCCCC(=O)Nc1cccc2c1CN(NC(=O)CCCC=O)C2=O. The molecule has 0 saturated heterocycles. The first kappa shape index (κ1) is 19.2. The van der Waals surface area contributed by atoms with E-state index in [-0.39, 0.29) is 30.7 Å². The summed E-state index contributed by atoms with van der Waals surface area (Å²) in [4.78, 5) is 46.6. The van der Waals surface area contributed by atoms with E-state index in [4.69, 9.17) is 6.42 Å². The van der Waals surface area contributed by atoms with Crippen LogP contribution in [0.5, 0.6) is 0 Å². The lowest BCUT2D eigenvalue weighted by Gasteiger charge is -2.17. The molecule has 3 amide bonds. The van der Waals surface area contributed by atoms with E-state index in [1.54, 1.807) is 18.2 Å². The van der Waals surface area contributed by atoms with Crippen LogP contribution in [0.2, 0.25) is 0 Å². The highest BCUT2D eigenvalue weighted by Gasteiger charge is 2.30. The van der Waals surface area contributed by atoms with Gasteiger partial charge in [-0.2, -0.15) is 0 Å². The van der Waals surface area contributed by atoms with Gasteiger partial charge in [-0.05, 0) is 25.0 Å². The quantitative estimate of drug-likeness (QED) is 0.401. The summed E-state index contributed by atoms with van der Waals surface area (Å²) in [5, 5.41) is 4.02. The van der Waals surface area contributed by atoms with E-state index in [9.17, 15) is 19.2 Å². The molecule has 2 rings (SSSR count). The van der Waals surface area contributed by atoms with Gasteiger partial charge < -0.3 is 10.1 Å². The normalized spacial score (nSPS) is 12.3. The third-order valence-corrected chi connectivity index (χ3v) is 3.95. The van der Waals surface area contributed by atoms with E-state index in [2.05, 4.69) is 16.7 Å². The fraction of sp³-hybridized carbons (Fsp3) is 0.368. The van der Waals surface area contributed by atoms with Gasteiger partial charge in [-0.3, -0.25) is 19.8 Å². The first-order valence-electron chi connectivity index (χ1n) is 8.47. The molecule has 0 atom stereocenters. The molecular formula is C19H21N3O4. The number of anilines is 1. The van der Waals surface area contributed by atoms with Crippen molar-refractivity contribution in [2.24, 2.45) is 0 Å². The third-order valence-electron chi connectivity index (χ3n) is 3.95. The van der Waals surface area contributed by atoms with E-state index in [1.807, 2.05) is 0 Å². The highest BCUT2D eigenvalue weighted by molar-refractivity contribution is 6.02. The molecule has 0 saturated carbocycles. The second-order valence-corrected chi connectivity index (χ2v) is 5.92. The molecule has 0 radical (unpaired) electrons. The number of amides is 3. The Kier molecular flexibility index (Phi) is 6.92. The van der Waals surface area contributed by atoms with Crippen molar-refractivity contribution in [1.29, 1.82) is 0 Å². The van der Waals surface area contributed by atoms with Crippen LogP contribution in [0.1, 0.15) is 54.4 Å². The summed E-state index contributed by atoms with van der Waals surface area (Å²) >= 11 is 0. The van der Waals surface area contributed by atoms with Crippen LogP contribution in [0.4, 0.5) is 5.69 Å². The predicted molar refractivity (Wildman–Crippen MR) is 95.7 cm³/mol. The lowest BCUT2D eigenvalue weighted by molar-refractivity contribution is -0.125. The Morgan fingerprint density at radius 1 is 1.23 bits per heavy atom. The average molecular weight is 355 g/mol. The highest BCUT2D eigenvalue weighted by Crippen LogP contribution is 2.28. The molecule has 26 heavy (non-hydrogen) atoms. The molecule has 0 spiro atoms. The summed E-state index contributed by atoms with van der Waals surface area (Å²) in [5.41, 5.74) is 4.21. The van der Waals surface area contributed by atoms with Crippen molar-refractivity contribution in [3.05, 3.63) is 29.3 Å². The molecule has 7 nitrogen and oxygen atoms in total. The Hall–Kier alpha value is -3.14. The van der Waals surface area contributed by atoms with Gasteiger partial charge in [0, 0.05) is 42.5 Å². The second-order valence-electron chi connectivity index (χ2n) is 5.92. The number of hydrogen-bond acceptors (Lipinski definition) is 4. The van der Waals surface area contributed by atoms with Crippen molar-refractivity contribution in [3.63, 3.8) is 0 Å². The number of unbranched alkanes of at least 4 members (excludes halogenated alkanes) is 2. The van der Waals surface area contributed by atoms with Crippen LogP contribution >= 0.6 is 0 Å². The van der Waals surface area contributed by atoms with E-state index in [0.717, 1.165) is 6.29 Å². The van der Waals surface area contributed by atoms with Gasteiger partial charge in [-0.25, -0.2) is 5.01 Å². The van der Waals surface area contributed by atoms with Gasteiger partial charge in [0.05, 0.1) is 6.54 Å². The van der Waals surface area contributed by atoms with Crippen molar-refractivity contribution in [2.45, 2.75) is 45.1 Å². The molecule has 1 aliphatic rings. The van der Waals surface area contributed by atoms with Gasteiger partial charge in [-0.15, -0.1) is 12.3 Å². The van der Waals surface area contributed by atoms with Crippen LogP contribution in [0, 0.1) is 12.3 Å². The van der Waals surface area contributed by atoms with Crippen molar-refractivity contribution in [3.8, 4) is 12.3 Å². The van der Waals surface area contributed by atoms with Crippen LogP contribution in [-0.2, 0) is 20.9 Å². The number of nitrogens with zero attached hydrogens (tertiary/aromatic N) is 1. The zero-order valence-corrected chi connectivity index (χ0v) is 14.4. The van der Waals surface area contributed by atoms with E-state index < -0.39 is 0 Å². The summed E-state index contributed by atoms with van der Waals surface area (Å²) < 4.78 is 0. The van der Waals surface area contributed by atoms with E-state index in [0.29, 0.717) is 48.9 Å². The van der Waals surface area contributed by atoms with Crippen molar-refractivity contribution in [1.82, 2.24) is 10.4 Å². The van der Waals surface area contributed by atoms with Gasteiger partial charge in [-0.1, -0.05) is 6.07 Å². The van der Waals surface area contributed by atoms with E-state index >= 15 is 0 Å². The number of rotatable bonds is 9. The molecule has 0 fully saturated rings. The number of benzene rings is 1. The first-order valence-corrected chi connectivity index (χ1v) is 8.47. The molecule has 0 aromatic heterocycles. The van der Waals surface area contributed by atoms with E-state index in [1.165, 1.54) is 5.01 Å². The predicted octanol–water partition coefficient (Wildman–Crippen LogP) is 1.78. The largest absolute Gasteiger partial charge is 0.326 e. The summed E-state index contributed by atoms with van der Waals surface area (Å²) in [6, 6.07) is 5.06. The van der Waals surface area contributed by atoms with Crippen LogP contribution in [0.25, 0.3) is 0 Å². The minimum atomic E-state index is -0.327. The monoisotopic (exact) mass is 355 g/mol. The number of aldehydes is 1. The second kappa shape index (κ2) is 9.37. The minimum absolute atomic E-state index is 0.164. The molecule has 1 aromatic rings. The molecule has 2 N–H and O–H groups in total. The number of carbonyl (C=O) groups is 4. The Labute approximate surface area is 152 Å². The zero-order chi connectivity index (χ0) is 18.9. The molecular weight excluding hydrogens is 334 g/mol. The maximum Gasteiger partial charge on any atom is 0.273 e. The molecule has 1 heterocycles. The smallest absolute Gasteiger partial charge is 0.273 e. The minimum Gasteiger partial charge on any atom is -0.326 e. The van der Waals surface area contributed by atoms with Gasteiger partial charge in [0.15, 0.2) is 0 Å². The fourth-order valence-corrected chi connectivity index (χ4v) is 2.66. The Morgan fingerprint density at radius 2 is 2.00 bits per heavy atom. The van der Waals surface area contributed by atoms with Crippen LogP contribution in [-0.4, -0.2) is 29.0 Å². The lowest BCUT2D eigenvalue weighted by Crippen LogP contribution is -2.42. The first-order chi connectivity index (χ1) is 12.6. The molecule has 136 valence electrons. The highest BCUT2D eigenvalue weighted by atomic mass is 16.2. The Balaban J connectivity index is 2.00. The Morgan fingerprint density at radius 3 is 2.73 bits per heavy atom. The maximum atomic E-state index is 12.4. The molecule has 0 unspecified atom stereocenters. The molecule has 1 aromatic carbocycles. The number of carbonyl (C=O) groups excluding carboxylic acids is 4. The molecule has 1 aliphatic heterocycles. The van der Waals surface area contributed by atoms with Crippen molar-refractivity contribution in [2.75, 3.05) is 5.32 Å². The van der Waals surface area contributed by atoms with Crippen molar-refractivity contribution >= 4 is 29.7 Å². The standard InChI is InChI=1S/C19H21N3O4/c1-2-3-4-10-17(24)20-16-9-7-8-14-15(16)13-22(19(14)26)21-18(25)11-5-6-12-23/h1,7-9,12H,3-6,10-11,13H2,(H,20,24)(H,21,25). The lowest BCUT2D eigenvalue weighted by atomic mass is 10.1. The summed E-state index contributed by atoms with van der Waals surface area (Å²) in [6.45, 7) is 0.175. The van der Waals surface area contributed by atoms with Gasteiger partial charge >= 0.3 is 0 Å². The maximum absolute atomic E-state index is 12.4. The molecule has 0 aliphatic carbocycles. The number of hydrazine groups is 1. The van der Waals surface area contributed by atoms with Gasteiger partial charge in [0.1, 0.15) is 6.29 Å². The Bertz CT molecular complexity index is 752. The molecule has 0 bridgehead atoms. The molecule has 7 heteroatoms. The van der Waals surface area contributed by atoms with Crippen LogP contribution in [0.3, 0.4) is 0 Å². The van der Waals surface area contributed by atoms with Gasteiger partial charge in [0.2, 0.25) is 11.8 Å². The zero-order valence-electron chi connectivity index (χ0n) is 14.4. The van der Waals surface area contributed by atoms with Crippen LogP contribution in [0.15, 0.2) is 18.2 Å².